The van der Waals surface area contributed by atoms with Crippen molar-refractivity contribution in [1.29, 1.82) is 0 Å². The Morgan fingerprint density at radius 1 is 1.22 bits per heavy atom. The monoisotopic (exact) mass is 266 g/mol. The molecule has 2 atom stereocenters. The number of carbonyl (C=O) groups excluding carboxylic acids is 2. The van der Waals surface area contributed by atoms with Gasteiger partial charge in [-0.2, -0.15) is 5.01 Å². The van der Waals surface area contributed by atoms with Crippen LogP contribution in [-0.4, -0.2) is 51.5 Å². The van der Waals surface area contributed by atoms with E-state index in [1.807, 2.05) is 0 Å². The van der Waals surface area contributed by atoms with Crippen LogP contribution >= 0.6 is 11.6 Å². The molecule has 0 saturated carbocycles. The Balaban J connectivity index is 1.95. The van der Waals surface area contributed by atoms with Crippen molar-refractivity contribution >= 4 is 23.4 Å². The molecule has 0 bridgehead atoms. The van der Waals surface area contributed by atoms with Gasteiger partial charge in [-0.25, -0.2) is 5.01 Å². The SMILES string of the molecule is O=C1c2ccccc2C(=O)N1N1CC1(CO)CCl. The number of imide groups is 1. The Morgan fingerprint density at radius 2 is 1.78 bits per heavy atom. The maximum absolute atomic E-state index is 12.1. The van der Waals surface area contributed by atoms with E-state index < -0.39 is 5.54 Å². The summed E-state index contributed by atoms with van der Waals surface area (Å²) in [6.45, 7) is 0.238. The second-order valence-corrected chi connectivity index (χ2v) is 4.81. The van der Waals surface area contributed by atoms with Gasteiger partial charge in [-0.15, -0.1) is 11.6 Å². The van der Waals surface area contributed by atoms with Crippen molar-refractivity contribution in [3.05, 3.63) is 35.4 Å². The third kappa shape index (κ3) is 1.35. The Morgan fingerprint density at radius 3 is 2.17 bits per heavy atom. The van der Waals surface area contributed by atoms with Gasteiger partial charge in [0.2, 0.25) is 0 Å². The second kappa shape index (κ2) is 3.78. The van der Waals surface area contributed by atoms with E-state index in [1.54, 1.807) is 24.3 Å². The van der Waals surface area contributed by atoms with Crippen LogP contribution in [0.4, 0.5) is 0 Å². The first-order valence-electron chi connectivity index (χ1n) is 5.57. The predicted octanol–water partition coefficient (Wildman–Crippen LogP) is 0.483. The number of alkyl halides is 1. The summed E-state index contributed by atoms with van der Waals surface area (Å²) in [6, 6.07) is 6.69. The number of carbonyl (C=O) groups is 2. The topological polar surface area (TPSA) is 60.6 Å². The molecule has 2 heterocycles. The van der Waals surface area contributed by atoms with Crippen molar-refractivity contribution in [2.75, 3.05) is 19.0 Å². The van der Waals surface area contributed by atoms with Gasteiger partial charge in [-0.1, -0.05) is 12.1 Å². The average Bonchev–Trinajstić information content (AvgIpc) is 3.07. The lowest BCUT2D eigenvalue weighted by Gasteiger charge is -2.19. The number of halogens is 1. The van der Waals surface area contributed by atoms with Crippen LogP contribution in [0.15, 0.2) is 24.3 Å². The fourth-order valence-corrected chi connectivity index (χ4v) is 2.51. The average molecular weight is 267 g/mol. The molecule has 1 saturated heterocycles. The van der Waals surface area contributed by atoms with Crippen LogP contribution in [0.2, 0.25) is 0 Å². The molecule has 3 rings (SSSR count). The van der Waals surface area contributed by atoms with E-state index in [0.717, 1.165) is 5.01 Å². The summed E-state index contributed by atoms with van der Waals surface area (Å²) < 4.78 is 0. The largest absolute Gasteiger partial charge is 0.394 e. The van der Waals surface area contributed by atoms with E-state index >= 15 is 0 Å². The van der Waals surface area contributed by atoms with Crippen molar-refractivity contribution in [3.8, 4) is 0 Å². The van der Waals surface area contributed by atoms with Crippen LogP contribution in [0.3, 0.4) is 0 Å². The van der Waals surface area contributed by atoms with Crippen molar-refractivity contribution in [2.24, 2.45) is 0 Å². The molecule has 1 fully saturated rings. The highest BCUT2D eigenvalue weighted by atomic mass is 35.5. The fraction of sp³-hybridized carbons (Fsp3) is 0.333. The smallest absolute Gasteiger partial charge is 0.276 e. The molecule has 2 aliphatic heterocycles. The lowest BCUT2D eigenvalue weighted by molar-refractivity contribution is 0.0285. The molecule has 5 nitrogen and oxygen atoms in total. The van der Waals surface area contributed by atoms with E-state index in [1.165, 1.54) is 5.01 Å². The molecule has 1 aromatic carbocycles. The molecule has 2 unspecified atom stereocenters. The number of benzene rings is 1. The highest BCUT2D eigenvalue weighted by Gasteiger charge is 2.59. The first-order valence-corrected chi connectivity index (χ1v) is 6.10. The van der Waals surface area contributed by atoms with Gasteiger partial charge in [0, 0.05) is 12.4 Å². The Kier molecular flexibility index (Phi) is 2.45. The molecule has 18 heavy (non-hydrogen) atoms. The number of hydrazine groups is 1. The van der Waals surface area contributed by atoms with Crippen LogP contribution < -0.4 is 0 Å². The van der Waals surface area contributed by atoms with Crippen molar-refractivity contribution in [3.63, 3.8) is 0 Å². The van der Waals surface area contributed by atoms with Gasteiger partial charge in [0.15, 0.2) is 0 Å². The van der Waals surface area contributed by atoms with Crippen LogP contribution in [0.1, 0.15) is 20.7 Å². The lowest BCUT2D eigenvalue weighted by atomic mass is 10.1. The van der Waals surface area contributed by atoms with Gasteiger partial charge in [-0.3, -0.25) is 9.59 Å². The van der Waals surface area contributed by atoms with Crippen molar-refractivity contribution in [1.82, 2.24) is 10.0 Å². The third-order valence-corrected chi connectivity index (χ3v) is 3.94. The Bertz CT molecular complexity index is 507. The Labute approximate surface area is 109 Å². The fourth-order valence-electron chi connectivity index (χ4n) is 2.21. The number of aliphatic hydroxyl groups excluding tert-OH is 1. The zero-order valence-corrected chi connectivity index (χ0v) is 10.2. The number of amides is 2. The lowest BCUT2D eigenvalue weighted by Crippen LogP contribution is -2.41. The van der Waals surface area contributed by atoms with Crippen LogP contribution in [0.25, 0.3) is 0 Å². The zero-order valence-electron chi connectivity index (χ0n) is 9.47. The third-order valence-electron chi connectivity index (χ3n) is 3.45. The number of aliphatic hydroxyl groups is 1. The van der Waals surface area contributed by atoms with Gasteiger partial charge >= 0.3 is 0 Å². The first kappa shape index (κ1) is 11.6. The van der Waals surface area contributed by atoms with E-state index in [9.17, 15) is 14.7 Å². The first-order chi connectivity index (χ1) is 8.64. The highest BCUT2D eigenvalue weighted by Crippen LogP contribution is 2.39. The summed E-state index contributed by atoms with van der Waals surface area (Å²) in [5.41, 5.74) is 0.126. The summed E-state index contributed by atoms with van der Waals surface area (Å²) in [6.07, 6.45) is 0. The molecular formula is C12H11ClN2O3. The predicted molar refractivity (Wildman–Crippen MR) is 64.2 cm³/mol. The molecule has 94 valence electrons. The van der Waals surface area contributed by atoms with Gasteiger partial charge < -0.3 is 5.11 Å². The molecule has 2 aliphatic rings. The number of rotatable bonds is 3. The molecule has 1 aromatic rings. The van der Waals surface area contributed by atoms with Crippen LogP contribution in [0, 0.1) is 0 Å². The summed E-state index contributed by atoms with van der Waals surface area (Å²) >= 11 is 5.78. The molecule has 6 heteroatoms. The van der Waals surface area contributed by atoms with E-state index in [2.05, 4.69) is 0 Å². The number of hydrogen-bond acceptors (Lipinski definition) is 4. The van der Waals surface area contributed by atoms with Crippen molar-refractivity contribution in [2.45, 2.75) is 5.54 Å². The van der Waals surface area contributed by atoms with Crippen LogP contribution in [0.5, 0.6) is 0 Å². The summed E-state index contributed by atoms with van der Waals surface area (Å²) in [4.78, 5) is 24.3. The van der Waals surface area contributed by atoms with Gasteiger partial charge in [-0.05, 0) is 12.1 Å². The number of fused-ring (bicyclic) bond motifs is 1. The Hall–Kier alpha value is -1.43. The van der Waals surface area contributed by atoms with Gasteiger partial charge in [0.05, 0.1) is 23.3 Å². The molecule has 2 amide bonds. The maximum Gasteiger partial charge on any atom is 0.276 e. The molecule has 0 aliphatic carbocycles. The summed E-state index contributed by atoms with van der Waals surface area (Å²) in [5, 5.41) is 11.9. The second-order valence-electron chi connectivity index (χ2n) is 4.54. The van der Waals surface area contributed by atoms with E-state index in [0.29, 0.717) is 17.7 Å². The minimum absolute atomic E-state index is 0.177. The summed E-state index contributed by atoms with van der Waals surface area (Å²) in [5.74, 6) is -0.524. The highest BCUT2D eigenvalue weighted by molar-refractivity contribution is 6.21. The zero-order chi connectivity index (χ0) is 12.9. The van der Waals surface area contributed by atoms with Gasteiger partial charge in [0.1, 0.15) is 0 Å². The minimum Gasteiger partial charge on any atom is -0.394 e. The number of hydrogen-bond donors (Lipinski definition) is 1. The quantitative estimate of drug-likeness (QED) is 0.491. The number of nitrogens with zero attached hydrogens (tertiary/aromatic N) is 2. The molecule has 0 radical (unpaired) electrons. The van der Waals surface area contributed by atoms with Gasteiger partial charge in [0.25, 0.3) is 11.8 Å². The summed E-state index contributed by atoms with van der Waals surface area (Å²) in [7, 11) is 0. The van der Waals surface area contributed by atoms with E-state index in [-0.39, 0.29) is 24.3 Å². The van der Waals surface area contributed by atoms with Crippen LogP contribution in [-0.2, 0) is 0 Å². The molecule has 0 aromatic heterocycles. The normalized spacial score (nSPS) is 29.7. The van der Waals surface area contributed by atoms with E-state index in [4.69, 9.17) is 11.6 Å². The standard InChI is InChI=1S/C12H11ClN2O3/c13-5-12(7-16)6-14(12)15-10(17)8-3-1-2-4-9(8)11(15)18/h1-4,16H,5-7H2. The molecule has 1 N–H and O–H groups in total. The maximum atomic E-state index is 12.1. The molecular weight excluding hydrogens is 256 g/mol. The molecule has 0 spiro atoms. The minimum atomic E-state index is -0.672. The van der Waals surface area contributed by atoms with Crippen molar-refractivity contribution < 1.29 is 14.7 Å².